The number of ether oxygens (including phenoxy) is 3. The van der Waals surface area contributed by atoms with Gasteiger partial charge in [0.2, 0.25) is 5.91 Å². The molecule has 0 radical (unpaired) electrons. The molecule has 0 atom stereocenters. The Labute approximate surface area is 144 Å². The highest BCUT2D eigenvalue weighted by atomic mass is 35.5. The van der Waals surface area contributed by atoms with Gasteiger partial charge in [0.1, 0.15) is 0 Å². The van der Waals surface area contributed by atoms with Crippen molar-refractivity contribution >= 4 is 18.3 Å². The van der Waals surface area contributed by atoms with Crippen molar-refractivity contribution in [3.63, 3.8) is 0 Å². The third-order valence-electron chi connectivity index (χ3n) is 3.32. The number of hydrogen-bond donors (Lipinski definition) is 1. The van der Waals surface area contributed by atoms with Crippen LogP contribution in [0.2, 0.25) is 0 Å². The molecule has 6 nitrogen and oxygen atoms in total. The van der Waals surface area contributed by atoms with Crippen LogP contribution in [0.15, 0.2) is 18.2 Å². The molecule has 0 aliphatic heterocycles. The molecule has 1 amide bonds. The van der Waals surface area contributed by atoms with Gasteiger partial charge in [0, 0.05) is 26.7 Å². The van der Waals surface area contributed by atoms with Crippen LogP contribution in [0.1, 0.15) is 12.5 Å². The van der Waals surface area contributed by atoms with Gasteiger partial charge in [-0.25, -0.2) is 0 Å². The lowest BCUT2D eigenvalue weighted by Crippen LogP contribution is -2.38. The van der Waals surface area contributed by atoms with Gasteiger partial charge in [-0.1, -0.05) is 6.07 Å². The van der Waals surface area contributed by atoms with E-state index in [4.69, 9.17) is 14.2 Å². The Morgan fingerprint density at radius 2 is 1.87 bits per heavy atom. The summed E-state index contributed by atoms with van der Waals surface area (Å²) < 4.78 is 15.4. The number of rotatable bonds is 10. The van der Waals surface area contributed by atoms with E-state index in [1.807, 2.05) is 25.1 Å². The molecule has 0 aliphatic rings. The van der Waals surface area contributed by atoms with Crippen molar-refractivity contribution in [3.05, 3.63) is 23.8 Å². The average molecular weight is 347 g/mol. The lowest BCUT2D eigenvalue weighted by atomic mass is 10.2. The lowest BCUT2D eigenvalue weighted by molar-refractivity contribution is -0.130. The summed E-state index contributed by atoms with van der Waals surface area (Å²) in [5.74, 6) is 1.41. The fraction of sp³-hybridized carbons (Fsp3) is 0.562. The summed E-state index contributed by atoms with van der Waals surface area (Å²) >= 11 is 0. The van der Waals surface area contributed by atoms with Gasteiger partial charge in [0.25, 0.3) is 0 Å². The molecule has 1 aromatic carbocycles. The summed E-state index contributed by atoms with van der Waals surface area (Å²) in [6.45, 7) is 4.73. The number of carbonyl (C=O) groups is 1. The standard InChI is InChI=1S/C16H26N2O4.ClH/c1-5-18(16(19)11-17-8-9-20-2)12-13-6-7-14(21-3)15(10-13)22-4;/h6-7,10,17H,5,8-9,11-12H2,1-4H3;1H. The molecule has 0 bridgehead atoms. The fourth-order valence-corrected chi connectivity index (χ4v) is 2.06. The number of nitrogens with zero attached hydrogens (tertiary/aromatic N) is 1. The van der Waals surface area contributed by atoms with E-state index in [1.54, 1.807) is 26.2 Å². The van der Waals surface area contributed by atoms with Crippen LogP contribution in [0.25, 0.3) is 0 Å². The van der Waals surface area contributed by atoms with Crippen LogP contribution >= 0.6 is 12.4 Å². The molecule has 1 N–H and O–H groups in total. The van der Waals surface area contributed by atoms with Crippen LogP contribution in [0.5, 0.6) is 11.5 Å². The van der Waals surface area contributed by atoms with Crippen LogP contribution in [0, 0.1) is 0 Å². The zero-order chi connectivity index (χ0) is 16.4. The molecule has 0 aliphatic carbocycles. The van der Waals surface area contributed by atoms with Crippen LogP contribution in [-0.4, -0.2) is 58.4 Å². The first-order chi connectivity index (χ1) is 10.7. The van der Waals surface area contributed by atoms with E-state index in [0.29, 0.717) is 44.3 Å². The predicted octanol–water partition coefficient (Wildman–Crippen LogP) is 1.71. The molecule has 1 aromatic rings. The number of nitrogens with one attached hydrogen (secondary N) is 1. The minimum atomic E-state index is 0. The van der Waals surface area contributed by atoms with Gasteiger partial charge >= 0.3 is 0 Å². The number of benzene rings is 1. The van der Waals surface area contributed by atoms with E-state index in [2.05, 4.69) is 5.32 Å². The number of methoxy groups -OCH3 is 3. The molecule has 0 saturated heterocycles. The first kappa shape index (κ1) is 21.5. The molecule has 0 spiro atoms. The SMILES string of the molecule is CCN(Cc1ccc(OC)c(OC)c1)C(=O)CNCCOC.Cl. The maximum Gasteiger partial charge on any atom is 0.236 e. The van der Waals surface area contributed by atoms with Gasteiger partial charge in [0.05, 0.1) is 27.4 Å². The molecule has 23 heavy (non-hydrogen) atoms. The zero-order valence-electron chi connectivity index (χ0n) is 14.3. The van der Waals surface area contributed by atoms with E-state index in [-0.39, 0.29) is 18.3 Å². The maximum absolute atomic E-state index is 12.2. The van der Waals surface area contributed by atoms with Crippen molar-refractivity contribution in [1.29, 1.82) is 0 Å². The van der Waals surface area contributed by atoms with Crippen LogP contribution in [-0.2, 0) is 16.1 Å². The first-order valence-corrected chi connectivity index (χ1v) is 7.34. The Morgan fingerprint density at radius 1 is 1.17 bits per heavy atom. The minimum absolute atomic E-state index is 0. The minimum Gasteiger partial charge on any atom is -0.493 e. The fourth-order valence-electron chi connectivity index (χ4n) is 2.06. The summed E-state index contributed by atoms with van der Waals surface area (Å²) in [5.41, 5.74) is 1.00. The Kier molecular flexibility index (Phi) is 11.2. The molecule has 132 valence electrons. The summed E-state index contributed by atoms with van der Waals surface area (Å²) in [6.07, 6.45) is 0. The highest BCUT2D eigenvalue weighted by molar-refractivity contribution is 5.85. The van der Waals surface area contributed by atoms with Gasteiger partial charge in [0.15, 0.2) is 11.5 Å². The highest BCUT2D eigenvalue weighted by Gasteiger charge is 2.13. The van der Waals surface area contributed by atoms with Crippen molar-refractivity contribution in [2.45, 2.75) is 13.5 Å². The van der Waals surface area contributed by atoms with Crippen molar-refractivity contribution in [2.24, 2.45) is 0 Å². The van der Waals surface area contributed by atoms with Gasteiger partial charge < -0.3 is 24.4 Å². The second-order valence-corrected chi connectivity index (χ2v) is 4.77. The molecule has 0 fully saturated rings. The largest absolute Gasteiger partial charge is 0.493 e. The molecular formula is C16H27ClN2O4. The topological polar surface area (TPSA) is 60.0 Å². The number of amides is 1. The lowest BCUT2D eigenvalue weighted by Gasteiger charge is -2.22. The van der Waals surface area contributed by atoms with Gasteiger partial charge in [-0.15, -0.1) is 12.4 Å². The molecule has 0 saturated carbocycles. The first-order valence-electron chi connectivity index (χ1n) is 7.34. The van der Waals surface area contributed by atoms with Crippen molar-refractivity contribution in [1.82, 2.24) is 10.2 Å². The quantitative estimate of drug-likeness (QED) is 0.653. The van der Waals surface area contributed by atoms with Crippen LogP contribution < -0.4 is 14.8 Å². The molecule has 0 aromatic heterocycles. The number of likely N-dealkylation sites (N-methyl/N-ethyl adjacent to an activating group) is 1. The smallest absolute Gasteiger partial charge is 0.236 e. The molecule has 0 unspecified atom stereocenters. The normalized spacial score (nSPS) is 9.91. The van der Waals surface area contributed by atoms with Crippen LogP contribution in [0.3, 0.4) is 0 Å². The monoisotopic (exact) mass is 346 g/mol. The van der Waals surface area contributed by atoms with E-state index >= 15 is 0 Å². The molecule has 0 heterocycles. The third-order valence-corrected chi connectivity index (χ3v) is 3.32. The van der Waals surface area contributed by atoms with E-state index in [9.17, 15) is 4.79 Å². The van der Waals surface area contributed by atoms with Crippen molar-refractivity contribution < 1.29 is 19.0 Å². The summed E-state index contributed by atoms with van der Waals surface area (Å²) in [4.78, 5) is 14.0. The Bertz CT molecular complexity index is 471. The van der Waals surface area contributed by atoms with E-state index in [0.717, 1.165) is 5.56 Å². The van der Waals surface area contributed by atoms with E-state index in [1.165, 1.54) is 0 Å². The zero-order valence-corrected chi connectivity index (χ0v) is 15.1. The maximum atomic E-state index is 12.2. The van der Waals surface area contributed by atoms with Gasteiger partial charge in [-0.2, -0.15) is 0 Å². The van der Waals surface area contributed by atoms with Gasteiger partial charge in [-0.05, 0) is 24.6 Å². The molecular weight excluding hydrogens is 320 g/mol. The summed E-state index contributed by atoms with van der Waals surface area (Å²) in [7, 11) is 4.84. The Balaban J connectivity index is 0.00000484. The Morgan fingerprint density at radius 3 is 2.43 bits per heavy atom. The number of carbonyl (C=O) groups excluding carboxylic acids is 1. The van der Waals surface area contributed by atoms with Crippen LogP contribution in [0.4, 0.5) is 0 Å². The molecule has 7 heteroatoms. The predicted molar refractivity (Wildman–Crippen MR) is 92.6 cm³/mol. The molecule has 1 rings (SSSR count). The highest BCUT2D eigenvalue weighted by Crippen LogP contribution is 2.27. The third kappa shape index (κ3) is 7.07. The Hall–Kier alpha value is -1.50. The summed E-state index contributed by atoms with van der Waals surface area (Å²) in [5, 5.41) is 3.07. The second kappa shape index (κ2) is 12.0. The van der Waals surface area contributed by atoms with Gasteiger partial charge in [-0.3, -0.25) is 4.79 Å². The van der Waals surface area contributed by atoms with E-state index < -0.39 is 0 Å². The van der Waals surface area contributed by atoms with Crippen molar-refractivity contribution in [2.75, 3.05) is 47.6 Å². The number of hydrogen-bond acceptors (Lipinski definition) is 5. The second-order valence-electron chi connectivity index (χ2n) is 4.77. The average Bonchev–Trinajstić information content (AvgIpc) is 2.56. The number of halogens is 1. The van der Waals surface area contributed by atoms with Crippen molar-refractivity contribution in [3.8, 4) is 11.5 Å². The summed E-state index contributed by atoms with van der Waals surface area (Å²) in [6, 6.07) is 5.69.